The van der Waals surface area contributed by atoms with E-state index in [0.717, 1.165) is 77.0 Å². The van der Waals surface area contributed by atoms with E-state index in [-0.39, 0.29) is 37.5 Å². The van der Waals surface area contributed by atoms with Crippen LogP contribution in [0.25, 0.3) is 0 Å². The largest absolute Gasteiger partial charge is 0.462 e. The van der Waals surface area contributed by atoms with Crippen molar-refractivity contribution in [3.05, 3.63) is 60.8 Å². The minimum Gasteiger partial charge on any atom is -0.462 e. The number of carbonyl (C=O) groups excluding carboxylic acids is 3. The number of esters is 3. The van der Waals surface area contributed by atoms with Gasteiger partial charge >= 0.3 is 17.9 Å². The van der Waals surface area contributed by atoms with Crippen LogP contribution in [0.2, 0.25) is 0 Å². The molecule has 67 heavy (non-hydrogen) atoms. The summed E-state index contributed by atoms with van der Waals surface area (Å²) in [6, 6.07) is 0. The van der Waals surface area contributed by atoms with Crippen LogP contribution >= 0.6 is 0 Å². The van der Waals surface area contributed by atoms with E-state index in [2.05, 4.69) is 69.4 Å². The van der Waals surface area contributed by atoms with E-state index in [1.165, 1.54) is 167 Å². The topological polar surface area (TPSA) is 78.9 Å². The molecule has 0 aromatic rings. The number of ether oxygens (including phenoxy) is 3. The lowest BCUT2D eigenvalue weighted by Gasteiger charge is -2.18. The molecule has 0 aliphatic heterocycles. The van der Waals surface area contributed by atoms with Crippen molar-refractivity contribution in [1.29, 1.82) is 0 Å². The highest BCUT2D eigenvalue weighted by Crippen LogP contribution is 2.17. The van der Waals surface area contributed by atoms with Gasteiger partial charge in [-0.25, -0.2) is 0 Å². The van der Waals surface area contributed by atoms with Gasteiger partial charge in [0.25, 0.3) is 0 Å². The molecule has 0 rings (SSSR count). The maximum absolute atomic E-state index is 12.8. The molecular weight excluding hydrogens is 829 g/mol. The summed E-state index contributed by atoms with van der Waals surface area (Å²) >= 11 is 0. The Morgan fingerprint density at radius 3 is 1.01 bits per heavy atom. The van der Waals surface area contributed by atoms with Crippen molar-refractivity contribution in [1.82, 2.24) is 0 Å². The van der Waals surface area contributed by atoms with E-state index in [1.54, 1.807) is 0 Å². The zero-order valence-electron chi connectivity index (χ0n) is 44.4. The monoisotopic (exact) mass is 937 g/mol. The third-order valence-electron chi connectivity index (χ3n) is 12.5. The molecule has 0 amide bonds. The second-order valence-electron chi connectivity index (χ2n) is 19.2. The third kappa shape index (κ3) is 53.9. The van der Waals surface area contributed by atoms with Gasteiger partial charge in [-0.05, 0) is 64.2 Å². The maximum atomic E-state index is 12.8. The predicted octanol–water partition coefficient (Wildman–Crippen LogP) is 19.2. The number of hydrogen-bond donors (Lipinski definition) is 0. The van der Waals surface area contributed by atoms with E-state index >= 15 is 0 Å². The standard InChI is InChI=1S/C61H108O6/c1-4-7-10-13-16-19-22-24-25-26-27-28-29-30-31-32-33-34-35-37-39-42-45-48-51-54-60(63)66-57-58(56-65-59(62)53-50-47-44-41-38-21-18-15-12-9-6-3)67-61(64)55-52-49-46-43-40-36-23-20-17-14-11-8-5-2/h8,11,15,17-18,20,36,40,46,49,58H,4-7,9-10,12-14,16,19,21-35,37-39,41-45,47-48,50-57H2,1-3H3/b11-8-,18-15-,20-17-,40-36-,49-46-. The molecule has 0 aliphatic rings. The van der Waals surface area contributed by atoms with Crippen molar-refractivity contribution in [3.8, 4) is 0 Å². The Morgan fingerprint density at radius 1 is 0.313 bits per heavy atom. The Balaban J connectivity index is 4.23. The molecule has 0 aliphatic carbocycles. The van der Waals surface area contributed by atoms with Gasteiger partial charge < -0.3 is 14.2 Å². The lowest BCUT2D eigenvalue weighted by molar-refractivity contribution is -0.166. The van der Waals surface area contributed by atoms with Gasteiger partial charge in [-0.3, -0.25) is 14.4 Å². The smallest absolute Gasteiger partial charge is 0.306 e. The van der Waals surface area contributed by atoms with Crippen molar-refractivity contribution in [2.24, 2.45) is 0 Å². The quantitative estimate of drug-likeness (QED) is 0.0262. The molecule has 0 saturated heterocycles. The van der Waals surface area contributed by atoms with Gasteiger partial charge in [-0.15, -0.1) is 0 Å². The summed E-state index contributed by atoms with van der Waals surface area (Å²) in [5.41, 5.74) is 0. The number of rotatable bonds is 52. The van der Waals surface area contributed by atoms with Gasteiger partial charge in [0.15, 0.2) is 6.10 Å². The Morgan fingerprint density at radius 2 is 0.627 bits per heavy atom. The van der Waals surface area contributed by atoms with Crippen LogP contribution in [0.1, 0.15) is 290 Å². The molecule has 0 fully saturated rings. The van der Waals surface area contributed by atoms with Crippen LogP contribution in [0.4, 0.5) is 0 Å². The summed E-state index contributed by atoms with van der Waals surface area (Å²) in [4.78, 5) is 38.0. The van der Waals surface area contributed by atoms with Gasteiger partial charge in [-0.1, -0.05) is 268 Å². The van der Waals surface area contributed by atoms with Crippen LogP contribution in [0.15, 0.2) is 60.8 Å². The Kier molecular flexibility index (Phi) is 53.3. The van der Waals surface area contributed by atoms with Crippen molar-refractivity contribution < 1.29 is 28.6 Å². The fraction of sp³-hybridized carbons (Fsp3) is 0.787. The Labute approximate surface area is 415 Å². The van der Waals surface area contributed by atoms with Gasteiger partial charge in [-0.2, -0.15) is 0 Å². The molecule has 0 saturated carbocycles. The fourth-order valence-electron chi connectivity index (χ4n) is 8.20. The minimum absolute atomic E-state index is 0.103. The second kappa shape index (κ2) is 55.7. The molecule has 0 bridgehead atoms. The van der Waals surface area contributed by atoms with Crippen molar-refractivity contribution in [2.45, 2.75) is 297 Å². The molecular formula is C61H108O6. The Hall–Kier alpha value is -2.89. The lowest BCUT2D eigenvalue weighted by atomic mass is 10.0. The van der Waals surface area contributed by atoms with Gasteiger partial charge in [0.1, 0.15) is 13.2 Å². The third-order valence-corrected chi connectivity index (χ3v) is 12.5. The van der Waals surface area contributed by atoms with Crippen LogP contribution in [-0.4, -0.2) is 37.2 Å². The summed E-state index contributed by atoms with van der Waals surface area (Å²) in [6.45, 7) is 6.44. The molecule has 0 N–H and O–H groups in total. The van der Waals surface area contributed by atoms with Gasteiger partial charge in [0, 0.05) is 19.3 Å². The zero-order valence-corrected chi connectivity index (χ0v) is 44.4. The highest BCUT2D eigenvalue weighted by molar-refractivity contribution is 5.71. The molecule has 1 unspecified atom stereocenters. The molecule has 6 heteroatoms. The highest BCUT2D eigenvalue weighted by atomic mass is 16.6. The summed E-state index contributed by atoms with van der Waals surface area (Å²) < 4.78 is 16.7. The lowest BCUT2D eigenvalue weighted by Crippen LogP contribution is -2.30. The van der Waals surface area contributed by atoms with Crippen LogP contribution in [0, 0.1) is 0 Å². The first kappa shape index (κ1) is 64.1. The molecule has 0 spiro atoms. The second-order valence-corrected chi connectivity index (χ2v) is 19.2. The number of carbonyl (C=O) groups is 3. The molecule has 0 aromatic carbocycles. The Bertz CT molecular complexity index is 1210. The molecule has 1 atom stereocenters. The van der Waals surface area contributed by atoms with Crippen molar-refractivity contribution >= 4 is 17.9 Å². The average molecular weight is 938 g/mol. The summed E-state index contributed by atoms with van der Waals surface area (Å²) in [7, 11) is 0. The summed E-state index contributed by atoms with van der Waals surface area (Å²) in [6.07, 6.45) is 69.7. The average Bonchev–Trinajstić information content (AvgIpc) is 3.33. The highest BCUT2D eigenvalue weighted by Gasteiger charge is 2.19. The molecule has 0 aromatic heterocycles. The van der Waals surface area contributed by atoms with E-state index in [0.29, 0.717) is 19.3 Å². The van der Waals surface area contributed by atoms with E-state index < -0.39 is 6.10 Å². The maximum Gasteiger partial charge on any atom is 0.306 e. The van der Waals surface area contributed by atoms with Gasteiger partial charge in [0.2, 0.25) is 0 Å². The first-order chi connectivity index (χ1) is 33.0. The number of allylic oxidation sites excluding steroid dienone is 10. The van der Waals surface area contributed by atoms with Crippen LogP contribution in [0.3, 0.4) is 0 Å². The van der Waals surface area contributed by atoms with Crippen molar-refractivity contribution in [2.75, 3.05) is 13.2 Å². The van der Waals surface area contributed by atoms with Crippen molar-refractivity contribution in [3.63, 3.8) is 0 Å². The molecule has 0 radical (unpaired) electrons. The van der Waals surface area contributed by atoms with E-state index in [9.17, 15) is 14.4 Å². The fourth-order valence-corrected chi connectivity index (χ4v) is 8.20. The van der Waals surface area contributed by atoms with E-state index in [1.807, 2.05) is 12.2 Å². The summed E-state index contributed by atoms with van der Waals surface area (Å²) in [5.74, 6) is -0.987. The van der Waals surface area contributed by atoms with Crippen LogP contribution in [0.5, 0.6) is 0 Å². The molecule has 388 valence electrons. The predicted molar refractivity (Wildman–Crippen MR) is 288 cm³/mol. The van der Waals surface area contributed by atoms with E-state index in [4.69, 9.17) is 14.2 Å². The normalized spacial score (nSPS) is 12.5. The first-order valence-corrected chi connectivity index (χ1v) is 28.8. The molecule has 0 heterocycles. The molecule has 6 nitrogen and oxygen atoms in total. The first-order valence-electron chi connectivity index (χ1n) is 28.8. The van der Waals surface area contributed by atoms with Gasteiger partial charge in [0.05, 0.1) is 0 Å². The number of unbranched alkanes of at least 4 members (excludes halogenated alkanes) is 31. The van der Waals surface area contributed by atoms with Crippen LogP contribution in [-0.2, 0) is 28.6 Å². The number of hydrogen-bond acceptors (Lipinski definition) is 6. The summed E-state index contributed by atoms with van der Waals surface area (Å²) in [5, 5.41) is 0. The zero-order chi connectivity index (χ0) is 48.6. The van der Waals surface area contributed by atoms with Crippen LogP contribution < -0.4 is 0 Å². The SMILES string of the molecule is CC/C=C\C/C=C\C/C=C\C/C=C\CCC(=O)OC(COC(=O)CCCCCCC/C=C\CCCC)COC(=O)CCCCCCCCCCCCCCCCCCCCCCCCCCC. The minimum atomic E-state index is -0.813.